The molecule has 3 heteroatoms. The van der Waals surface area contributed by atoms with Crippen LogP contribution in [0, 0.1) is 6.92 Å². The highest BCUT2D eigenvalue weighted by atomic mass is 35.5. The number of rotatable bonds is 1. The second kappa shape index (κ2) is 4.61. The van der Waals surface area contributed by atoms with Crippen molar-refractivity contribution in [3.63, 3.8) is 0 Å². The first kappa shape index (κ1) is 10.5. The summed E-state index contributed by atoms with van der Waals surface area (Å²) in [6, 6.07) is 8.41. The molecular weight excluding hydrogens is 186 g/mol. The van der Waals surface area contributed by atoms with Gasteiger partial charge in [0.2, 0.25) is 0 Å². The molecule has 1 aromatic carbocycles. The number of ether oxygens (including phenoxy) is 1. The molecular formula is C10H14ClNO. The van der Waals surface area contributed by atoms with Crippen LogP contribution in [0.3, 0.4) is 0 Å². The minimum absolute atomic E-state index is 0. The van der Waals surface area contributed by atoms with Crippen molar-refractivity contribution in [2.45, 2.75) is 13.2 Å². The fourth-order valence-electron chi connectivity index (χ4n) is 1.47. The topological polar surface area (TPSA) is 21.3 Å². The Hall–Kier alpha value is -0.570. The minimum atomic E-state index is 0. The van der Waals surface area contributed by atoms with E-state index < -0.39 is 0 Å². The maximum atomic E-state index is 5.48. The lowest BCUT2D eigenvalue weighted by molar-refractivity contribution is 0.102. The molecule has 1 saturated heterocycles. The Morgan fingerprint density at radius 3 is 2.92 bits per heavy atom. The summed E-state index contributed by atoms with van der Waals surface area (Å²) in [4.78, 5) is 0. The third-order valence-electron chi connectivity index (χ3n) is 2.06. The lowest BCUT2D eigenvalue weighted by Gasteiger charge is -2.10. The molecule has 1 atom stereocenters. The molecule has 1 N–H and O–H groups in total. The average molecular weight is 200 g/mol. The van der Waals surface area contributed by atoms with Gasteiger partial charge in [-0.15, -0.1) is 12.4 Å². The molecule has 0 saturated carbocycles. The highest BCUT2D eigenvalue weighted by molar-refractivity contribution is 5.85. The highest BCUT2D eigenvalue weighted by Gasteiger charge is 2.15. The molecule has 72 valence electrons. The number of benzene rings is 1. The Kier molecular flexibility index (Phi) is 3.72. The molecule has 2 nitrogen and oxygen atoms in total. The maximum absolute atomic E-state index is 5.48. The summed E-state index contributed by atoms with van der Waals surface area (Å²) >= 11 is 0. The Balaban J connectivity index is 0.000000845. The van der Waals surface area contributed by atoms with Crippen molar-refractivity contribution in [1.29, 1.82) is 0 Å². The molecule has 2 rings (SSSR count). The largest absolute Gasteiger partial charge is 0.358 e. The summed E-state index contributed by atoms with van der Waals surface area (Å²) in [7, 11) is 0. The van der Waals surface area contributed by atoms with Crippen LogP contribution in [0.1, 0.15) is 17.4 Å². The summed E-state index contributed by atoms with van der Waals surface area (Å²) in [5, 5.41) is 3.28. The molecule has 0 amide bonds. The predicted octanol–water partition coefficient (Wildman–Crippen LogP) is 2.04. The smallest absolute Gasteiger partial charge is 0.134 e. The molecule has 1 fully saturated rings. The third kappa shape index (κ3) is 2.44. The Labute approximate surface area is 84.7 Å². The van der Waals surface area contributed by atoms with Gasteiger partial charge in [0.15, 0.2) is 0 Å². The lowest BCUT2D eigenvalue weighted by Crippen LogP contribution is -2.13. The van der Waals surface area contributed by atoms with Gasteiger partial charge in [-0.1, -0.05) is 29.8 Å². The molecule has 1 aliphatic heterocycles. The van der Waals surface area contributed by atoms with Gasteiger partial charge in [-0.3, -0.25) is 5.32 Å². The van der Waals surface area contributed by atoms with E-state index in [1.807, 2.05) is 0 Å². The standard InChI is InChI=1S/C10H13NO.ClH/c1-8-3-2-4-9(7-8)10-11-5-6-12-10;/h2-4,7,10-11H,5-6H2,1H3;1H. The van der Waals surface area contributed by atoms with E-state index in [1.165, 1.54) is 11.1 Å². The summed E-state index contributed by atoms with van der Waals surface area (Å²) in [6.45, 7) is 3.87. The van der Waals surface area contributed by atoms with Crippen LogP contribution in [0.25, 0.3) is 0 Å². The number of nitrogens with one attached hydrogen (secondary N) is 1. The van der Waals surface area contributed by atoms with Crippen LogP contribution < -0.4 is 5.32 Å². The van der Waals surface area contributed by atoms with Gasteiger partial charge in [-0.2, -0.15) is 0 Å². The number of hydrogen-bond donors (Lipinski definition) is 1. The fraction of sp³-hybridized carbons (Fsp3) is 0.400. The van der Waals surface area contributed by atoms with Gasteiger partial charge < -0.3 is 4.74 Å². The van der Waals surface area contributed by atoms with Crippen LogP contribution in [-0.4, -0.2) is 13.2 Å². The second-order valence-corrected chi connectivity index (χ2v) is 3.12. The molecule has 0 radical (unpaired) electrons. The summed E-state index contributed by atoms with van der Waals surface area (Å²) < 4.78 is 5.48. The number of halogens is 1. The van der Waals surface area contributed by atoms with Crippen LogP contribution in [0.15, 0.2) is 24.3 Å². The lowest BCUT2D eigenvalue weighted by atomic mass is 10.1. The zero-order chi connectivity index (χ0) is 8.39. The first-order chi connectivity index (χ1) is 5.86. The highest BCUT2D eigenvalue weighted by Crippen LogP contribution is 2.18. The van der Waals surface area contributed by atoms with E-state index in [9.17, 15) is 0 Å². The fourth-order valence-corrected chi connectivity index (χ4v) is 1.47. The van der Waals surface area contributed by atoms with Crippen LogP contribution in [0.2, 0.25) is 0 Å². The zero-order valence-electron chi connectivity index (χ0n) is 7.62. The number of aryl methyl sites for hydroxylation is 1. The van der Waals surface area contributed by atoms with Crippen molar-refractivity contribution < 1.29 is 4.74 Å². The van der Waals surface area contributed by atoms with Gasteiger partial charge in [0.25, 0.3) is 0 Å². The molecule has 1 heterocycles. The van der Waals surface area contributed by atoms with E-state index in [0.29, 0.717) is 0 Å². The quantitative estimate of drug-likeness (QED) is 0.748. The molecule has 1 aliphatic rings. The van der Waals surface area contributed by atoms with Gasteiger partial charge in [-0.25, -0.2) is 0 Å². The normalized spacial score (nSPS) is 21.2. The first-order valence-corrected chi connectivity index (χ1v) is 4.28. The van der Waals surface area contributed by atoms with Crippen molar-refractivity contribution in [1.82, 2.24) is 5.32 Å². The molecule has 13 heavy (non-hydrogen) atoms. The van der Waals surface area contributed by atoms with E-state index in [4.69, 9.17) is 4.74 Å². The average Bonchev–Trinajstić information content (AvgIpc) is 2.56. The maximum Gasteiger partial charge on any atom is 0.134 e. The van der Waals surface area contributed by atoms with Gasteiger partial charge in [0, 0.05) is 6.54 Å². The van der Waals surface area contributed by atoms with Crippen molar-refractivity contribution in [2.24, 2.45) is 0 Å². The van der Waals surface area contributed by atoms with Crippen LogP contribution in [-0.2, 0) is 4.74 Å². The predicted molar refractivity (Wildman–Crippen MR) is 55.1 cm³/mol. The monoisotopic (exact) mass is 199 g/mol. The second-order valence-electron chi connectivity index (χ2n) is 3.12. The summed E-state index contributed by atoms with van der Waals surface area (Å²) in [6.07, 6.45) is 0.116. The molecule has 1 unspecified atom stereocenters. The van der Waals surface area contributed by atoms with E-state index in [-0.39, 0.29) is 18.6 Å². The molecule has 0 spiro atoms. The Morgan fingerprint density at radius 1 is 1.46 bits per heavy atom. The van der Waals surface area contributed by atoms with Gasteiger partial charge >= 0.3 is 0 Å². The van der Waals surface area contributed by atoms with Crippen LogP contribution >= 0.6 is 12.4 Å². The van der Waals surface area contributed by atoms with E-state index >= 15 is 0 Å². The summed E-state index contributed by atoms with van der Waals surface area (Å²) in [5.41, 5.74) is 2.51. The van der Waals surface area contributed by atoms with Crippen molar-refractivity contribution in [3.05, 3.63) is 35.4 Å². The van der Waals surface area contributed by atoms with E-state index in [1.54, 1.807) is 0 Å². The molecule has 1 aromatic rings. The molecule has 0 aromatic heterocycles. The molecule has 0 bridgehead atoms. The van der Waals surface area contributed by atoms with E-state index in [2.05, 4.69) is 36.5 Å². The summed E-state index contributed by atoms with van der Waals surface area (Å²) in [5.74, 6) is 0. The zero-order valence-corrected chi connectivity index (χ0v) is 8.43. The van der Waals surface area contributed by atoms with Gasteiger partial charge in [0.1, 0.15) is 6.23 Å². The SMILES string of the molecule is Cc1cccc(C2NCCO2)c1.Cl. The van der Waals surface area contributed by atoms with Gasteiger partial charge in [0.05, 0.1) is 6.61 Å². The van der Waals surface area contributed by atoms with Crippen molar-refractivity contribution >= 4 is 12.4 Å². The molecule has 0 aliphatic carbocycles. The number of hydrogen-bond acceptors (Lipinski definition) is 2. The van der Waals surface area contributed by atoms with E-state index in [0.717, 1.165) is 13.2 Å². The Morgan fingerprint density at radius 2 is 2.31 bits per heavy atom. The third-order valence-corrected chi connectivity index (χ3v) is 2.06. The first-order valence-electron chi connectivity index (χ1n) is 4.28. The van der Waals surface area contributed by atoms with Crippen LogP contribution in [0.4, 0.5) is 0 Å². The van der Waals surface area contributed by atoms with Crippen molar-refractivity contribution in [3.8, 4) is 0 Å². The van der Waals surface area contributed by atoms with Crippen molar-refractivity contribution in [2.75, 3.05) is 13.2 Å². The van der Waals surface area contributed by atoms with Crippen LogP contribution in [0.5, 0.6) is 0 Å². The van der Waals surface area contributed by atoms with Gasteiger partial charge in [-0.05, 0) is 12.5 Å². The minimum Gasteiger partial charge on any atom is -0.358 e. The Bertz CT molecular complexity index is 271.